The molecule has 15 heteroatoms. The monoisotopic (exact) mass is 716 g/mol. The predicted octanol–water partition coefficient (Wildman–Crippen LogP) is 2.96. The van der Waals surface area contributed by atoms with Crippen LogP contribution in [0.25, 0.3) is 28.6 Å². The Balaban J connectivity index is 1.03. The van der Waals surface area contributed by atoms with Crippen molar-refractivity contribution in [1.29, 1.82) is 0 Å². The maximum atomic E-state index is 12.7. The van der Waals surface area contributed by atoms with Crippen molar-refractivity contribution in [2.75, 3.05) is 99.6 Å². The third-order valence-corrected chi connectivity index (χ3v) is 8.16. The molecule has 0 spiro atoms. The number of esters is 1. The van der Waals surface area contributed by atoms with Crippen LogP contribution >= 0.6 is 0 Å². The van der Waals surface area contributed by atoms with Crippen LogP contribution in [0.3, 0.4) is 0 Å². The van der Waals surface area contributed by atoms with Crippen LogP contribution in [0, 0.1) is 5.92 Å². The SMILES string of the molecule is COCCOCCOCCOCCOCCOCCOCCOC(=O)/C=C/c1ccc(-c2nc3c([nH]2)c(=O)[nH]c(=O)n3CC2CCCCC2)cc1. The number of ether oxygens (including phenoxy) is 8. The molecule has 282 valence electrons. The van der Waals surface area contributed by atoms with Crippen LogP contribution in [0.2, 0.25) is 0 Å². The molecule has 0 radical (unpaired) electrons. The van der Waals surface area contributed by atoms with Crippen molar-refractivity contribution >= 4 is 23.2 Å². The van der Waals surface area contributed by atoms with Crippen molar-refractivity contribution in [3.8, 4) is 11.4 Å². The fourth-order valence-corrected chi connectivity index (χ4v) is 5.48. The molecule has 51 heavy (non-hydrogen) atoms. The molecule has 4 rings (SSSR count). The van der Waals surface area contributed by atoms with E-state index in [1.807, 2.05) is 24.3 Å². The molecule has 1 fully saturated rings. The molecule has 15 nitrogen and oxygen atoms in total. The smallest absolute Gasteiger partial charge is 0.330 e. The minimum absolute atomic E-state index is 0.120. The van der Waals surface area contributed by atoms with Gasteiger partial charge in [-0.05, 0) is 30.4 Å². The molecular weight excluding hydrogens is 664 g/mol. The second-order valence-electron chi connectivity index (χ2n) is 11.9. The molecule has 0 aliphatic heterocycles. The molecule has 0 saturated heterocycles. The summed E-state index contributed by atoms with van der Waals surface area (Å²) in [5, 5.41) is 0. The second kappa shape index (κ2) is 23.7. The number of nitrogens with one attached hydrogen (secondary N) is 2. The van der Waals surface area contributed by atoms with Gasteiger partial charge in [-0.3, -0.25) is 14.3 Å². The fraction of sp³-hybridized carbons (Fsp3) is 0.611. The van der Waals surface area contributed by atoms with Crippen molar-refractivity contribution in [2.45, 2.75) is 38.6 Å². The number of methoxy groups -OCH3 is 1. The van der Waals surface area contributed by atoms with Gasteiger partial charge in [-0.15, -0.1) is 0 Å². The van der Waals surface area contributed by atoms with Gasteiger partial charge in [0.1, 0.15) is 17.9 Å². The quantitative estimate of drug-likeness (QED) is 0.0708. The number of imidazole rings is 1. The summed E-state index contributed by atoms with van der Waals surface area (Å²) in [4.78, 5) is 47.5. The zero-order chi connectivity index (χ0) is 35.9. The van der Waals surface area contributed by atoms with Gasteiger partial charge < -0.3 is 42.9 Å². The minimum Gasteiger partial charge on any atom is -0.460 e. The Bertz CT molecular complexity index is 1560. The second-order valence-corrected chi connectivity index (χ2v) is 11.9. The van der Waals surface area contributed by atoms with E-state index < -0.39 is 17.2 Å². The van der Waals surface area contributed by atoms with Gasteiger partial charge in [0.2, 0.25) is 0 Å². The topological polar surface area (TPSA) is 174 Å². The van der Waals surface area contributed by atoms with Crippen LogP contribution in [-0.2, 0) is 49.2 Å². The van der Waals surface area contributed by atoms with E-state index in [1.54, 1.807) is 17.8 Å². The lowest BCUT2D eigenvalue weighted by Gasteiger charge is -2.22. The Morgan fingerprint density at radius 3 is 1.82 bits per heavy atom. The van der Waals surface area contributed by atoms with Gasteiger partial charge in [0, 0.05) is 25.3 Å². The highest BCUT2D eigenvalue weighted by Gasteiger charge is 2.19. The summed E-state index contributed by atoms with van der Waals surface area (Å²) >= 11 is 0. The maximum Gasteiger partial charge on any atom is 0.330 e. The van der Waals surface area contributed by atoms with E-state index >= 15 is 0 Å². The van der Waals surface area contributed by atoms with Crippen LogP contribution in [-0.4, -0.2) is 125 Å². The average molecular weight is 717 g/mol. The molecule has 2 aromatic heterocycles. The van der Waals surface area contributed by atoms with Crippen molar-refractivity contribution in [3.05, 3.63) is 56.7 Å². The Hall–Kier alpha value is -3.70. The largest absolute Gasteiger partial charge is 0.460 e. The van der Waals surface area contributed by atoms with Crippen molar-refractivity contribution in [2.24, 2.45) is 5.92 Å². The minimum atomic E-state index is -0.486. The Morgan fingerprint density at radius 1 is 0.745 bits per heavy atom. The number of hydrogen-bond acceptors (Lipinski definition) is 12. The van der Waals surface area contributed by atoms with Gasteiger partial charge in [-0.2, -0.15) is 0 Å². The number of aromatic nitrogens is 4. The Kier molecular flexibility index (Phi) is 18.6. The molecule has 3 aromatic rings. The van der Waals surface area contributed by atoms with E-state index in [4.69, 9.17) is 37.9 Å². The first-order valence-electron chi connectivity index (χ1n) is 17.7. The summed E-state index contributed by atoms with van der Waals surface area (Å²) in [6.45, 7) is 6.75. The van der Waals surface area contributed by atoms with Crippen molar-refractivity contribution < 1.29 is 42.7 Å². The Labute approximate surface area is 297 Å². The van der Waals surface area contributed by atoms with Gasteiger partial charge in [0.25, 0.3) is 5.56 Å². The van der Waals surface area contributed by atoms with Gasteiger partial charge in [-0.25, -0.2) is 14.6 Å². The summed E-state index contributed by atoms with van der Waals surface area (Å²) in [5.74, 6) is 0.400. The number of H-pyrrole nitrogens is 2. The van der Waals surface area contributed by atoms with Gasteiger partial charge >= 0.3 is 11.7 Å². The summed E-state index contributed by atoms with van der Waals surface area (Å²) in [5.41, 5.74) is 1.25. The van der Waals surface area contributed by atoms with E-state index in [1.165, 1.54) is 12.5 Å². The average Bonchev–Trinajstić information content (AvgIpc) is 3.60. The van der Waals surface area contributed by atoms with Crippen LogP contribution in [0.5, 0.6) is 0 Å². The zero-order valence-corrected chi connectivity index (χ0v) is 29.6. The molecule has 0 unspecified atom stereocenters. The molecule has 2 N–H and O–H groups in total. The molecule has 0 bridgehead atoms. The van der Waals surface area contributed by atoms with Gasteiger partial charge in [-0.1, -0.05) is 43.5 Å². The molecule has 1 aliphatic carbocycles. The number of aromatic amines is 2. The summed E-state index contributed by atoms with van der Waals surface area (Å²) in [7, 11) is 1.64. The van der Waals surface area contributed by atoms with E-state index in [9.17, 15) is 14.4 Å². The highest BCUT2D eigenvalue weighted by atomic mass is 16.6. The third kappa shape index (κ3) is 14.8. The highest BCUT2D eigenvalue weighted by molar-refractivity contribution is 5.87. The first-order valence-corrected chi connectivity index (χ1v) is 17.7. The number of rotatable bonds is 26. The lowest BCUT2D eigenvalue weighted by atomic mass is 9.89. The summed E-state index contributed by atoms with van der Waals surface area (Å²) in [6, 6.07) is 7.33. The number of fused-ring (bicyclic) bond motifs is 1. The van der Waals surface area contributed by atoms with Crippen LogP contribution in [0.1, 0.15) is 37.7 Å². The van der Waals surface area contributed by atoms with Crippen LogP contribution in [0.4, 0.5) is 0 Å². The molecule has 0 atom stereocenters. The maximum absolute atomic E-state index is 12.7. The van der Waals surface area contributed by atoms with Crippen LogP contribution < -0.4 is 11.2 Å². The summed E-state index contributed by atoms with van der Waals surface area (Å²) in [6.07, 6.45) is 8.67. The van der Waals surface area contributed by atoms with Crippen molar-refractivity contribution in [3.63, 3.8) is 0 Å². The standard InChI is InChI=1S/C36H52N4O11/c1-44-13-14-45-15-16-46-17-18-47-19-20-48-21-22-49-23-24-50-25-26-51-31(41)12-9-28-7-10-30(11-8-28)33-37-32-34(38-33)40(36(43)39-35(32)42)27-29-5-3-2-4-6-29/h7-12,29H,2-6,13-27H2,1H3,(H,37,38)(H,39,42,43)/b12-9+. The normalized spacial score (nSPS) is 13.8. The van der Waals surface area contributed by atoms with Gasteiger partial charge in [0.15, 0.2) is 5.65 Å². The van der Waals surface area contributed by atoms with E-state index in [2.05, 4.69) is 15.0 Å². The lowest BCUT2D eigenvalue weighted by Crippen LogP contribution is -2.32. The molecular formula is C36H52N4O11. The molecule has 0 amide bonds. The van der Waals surface area contributed by atoms with E-state index in [0.29, 0.717) is 103 Å². The van der Waals surface area contributed by atoms with E-state index in [-0.39, 0.29) is 18.7 Å². The third-order valence-electron chi connectivity index (χ3n) is 8.16. The number of benzene rings is 1. The van der Waals surface area contributed by atoms with Crippen LogP contribution in [0.15, 0.2) is 39.9 Å². The number of nitrogens with zero attached hydrogens (tertiary/aromatic N) is 2. The molecule has 1 aromatic carbocycles. The Morgan fingerprint density at radius 2 is 1.27 bits per heavy atom. The molecule has 2 heterocycles. The first-order chi connectivity index (χ1) is 25.0. The van der Waals surface area contributed by atoms with E-state index in [0.717, 1.165) is 36.8 Å². The number of carbonyl (C=O) groups excluding carboxylic acids is 1. The molecule has 1 saturated carbocycles. The van der Waals surface area contributed by atoms with Crippen molar-refractivity contribution in [1.82, 2.24) is 19.5 Å². The van der Waals surface area contributed by atoms with Gasteiger partial charge in [0.05, 0.1) is 85.9 Å². The predicted molar refractivity (Wildman–Crippen MR) is 190 cm³/mol. The fourth-order valence-electron chi connectivity index (χ4n) is 5.48. The lowest BCUT2D eigenvalue weighted by molar-refractivity contribution is -0.139. The highest BCUT2D eigenvalue weighted by Crippen LogP contribution is 2.26. The first kappa shape index (κ1) is 40.1. The summed E-state index contributed by atoms with van der Waals surface area (Å²) < 4.78 is 44.2. The number of carbonyl (C=O) groups is 1. The number of hydrogen-bond donors (Lipinski definition) is 2. The zero-order valence-electron chi connectivity index (χ0n) is 29.6. The molecule has 1 aliphatic rings.